The van der Waals surface area contributed by atoms with Crippen LogP contribution in [0.5, 0.6) is 0 Å². The highest BCUT2D eigenvalue weighted by molar-refractivity contribution is 7.99. The van der Waals surface area contributed by atoms with Gasteiger partial charge < -0.3 is 0 Å². The van der Waals surface area contributed by atoms with Crippen LogP contribution in [0.4, 0.5) is 5.69 Å². The van der Waals surface area contributed by atoms with Crippen LogP contribution in [-0.2, 0) is 4.79 Å². The van der Waals surface area contributed by atoms with Crippen molar-refractivity contribution in [3.63, 3.8) is 0 Å². The Hall–Kier alpha value is -4.31. The lowest BCUT2D eigenvalue weighted by molar-refractivity contribution is -0.384. The number of hydrogen-bond donors (Lipinski definition) is 1. The zero-order valence-corrected chi connectivity index (χ0v) is 19.9. The average molecular weight is 487 g/mol. The molecule has 0 bridgehead atoms. The van der Waals surface area contributed by atoms with Crippen molar-refractivity contribution < 1.29 is 9.72 Å². The molecule has 4 rings (SSSR count). The molecule has 35 heavy (non-hydrogen) atoms. The third-order valence-electron chi connectivity index (χ3n) is 5.11. The molecule has 1 amide bonds. The van der Waals surface area contributed by atoms with Crippen molar-refractivity contribution in [2.24, 2.45) is 5.10 Å². The minimum Gasteiger partial charge on any atom is -0.272 e. The van der Waals surface area contributed by atoms with Gasteiger partial charge in [0.15, 0.2) is 11.0 Å². The molecule has 0 radical (unpaired) electrons. The van der Waals surface area contributed by atoms with Crippen LogP contribution in [0.25, 0.3) is 17.1 Å². The van der Waals surface area contributed by atoms with Crippen LogP contribution in [0.1, 0.15) is 18.1 Å². The first-order valence-corrected chi connectivity index (χ1v) is 11.7. The Bertz CT molecular complexity index is 1380. The average Bonchev–Trinajstić information content (AvgIpc) is 3.31. The molecule has 0 saturated carbocycles. The number of rotatable bonds is 8. The first-order chi connectivity index (χ1) is 16.9. The van der Waals surface area contributed by atoms with Gasteiger partial charge >= 0.3 is 0 Å². The molecule has 0 aliphatic heterocycles. The molecule has 1 heterocycles. The van der Waals surface area contributed by atoms with E-state index < -0.39 is 4.92 Å². The van der Waals surface area contributed by atoms with Gasteiger partial charge in [-0.05, 0) is 31.5 Å². The molecule has 0 spiro atoms. The van der Waals surface area contributed by atoms with E-state index >= 15 is 0 Å². The number of benzene rings is 3. The summed E-state index contributed by atoms with van der Waals surface area (Å²) in [5.74, 6) is 0.210. The van der Waals surface area contributed by atoms with Crippen LogP contribution in [0.15, 0.2) is 89.1 Å². The predicted molar refractivity (Wildman–Crippen MR) is 136 cm³/mol. The highest BCUT2D eigenvalue weighted by Crippen LogP contribution is 2.29. The van der Waals surface area contributed by atoms with E-state index in [-0.39, 0.29) is 17.3 Å². The smallest absolute Gasteiger partial charge is 0.270 e. The zero-order valence-electron chi connectivity index (χ0n) is 19.1. The van der Waals surface area contributed by atoms with Gasteiger partial charge in [-0.25, -0.2) is 5.43 Å². The number of nitrogens with one attached hydrogen (secondary N) is 1. The Labute approximate surface area is 206 Å². The van der Waals surface area contributed by atoms with E-state index in [9.17, 15) is 14.9 Å². The molecule has 0 aliphatic carbocycles. The number of nitro benzene ring substituents is 1. The molecule has 0 aliphatic rings. The lowest BCUT2D eigenvalue weighted by Crippen LogP contribution is -2.21. The van der Waals surface area contributed by atoms with Gasteiger partial charge in [0, 0.05) is 23.4 Å². The predicted octanol–water partition coefficient (Wildman–Crippen LogP) is 4.78. The summed E-state index contributed by atoms with van der Waals surface area (Å²) in [6.45, 7) is 3.84. The number of carbonyl (C=O) groups excluding carboxylic acids is 1. The van der Waals surface area contributed by atoms with E-state index in [0.29, 0.717) is 22.3 Å². The molecule has 0 unspecified atom stereocenters. The van der Waals surface area contributed by atoms with Crippen LogP contribution in [0.3, 0.4) is 0 Å². The van der Waals surface area contributed by atoms with Crippen LogP contribution in [0.2, 0.25) is 0 Å². The molecular formula is C25H22N6O3S. The summed E-state index contributed by atoms with van der Waals surface area (Å²) in [6.07, 6.45) is 0. The maximum absolute atomic E-state index is 12.5. The van der Waals surface area contributed by atoms with Crippen LogP contribution in [-0.4, -0.2) is 37.1 Å². The second-order valence-corrected chi connectivity index (χ2v) is 8.61. The second kappa shape index (κ2) is 10.7. The number of aryl methyl sites for hydroxylation is 1. The van der Waals surface area contributed by atoms with Gasteiger partial charge in [-0.15, -0.1) is 10.2 Å². The lowest BCUT2D eigenvalue weighted by atomic mass is 10.1. The van der Waals surface area contributed by atoms with E-state index in [2.05, 4.69) is 20.7 Å². The number of thioether (sulfide) groups is 1. The molecule has 4 aromatic rings. The highest BCUT2D eigenvalue weighted by Gasteiger charge is 2.19. The van der Waals surface area contributed by atoms with E-state index in [0.717, 1.165) is 16.8 Å². The van der Waals surface area contributed by atoms with Crippen molar-refractivity contribution >= 4 is 29.1 Å². The van der Waals surface area contributed by atoms with Crippen LogP contribution < -0.4 is 5.43 Å². The summed E-state index contributed by atoms with van der Waals surface area (Å²) in [6, 6.07) is 23.5. The van der Waals surface area contributed by atoms with Crippen molar-refractivity contribution in [3.05, 3.63) is 100 Å². The molecule has 9 nitrogen and oxygen atoms in total. The summed E-state index contributed by atoms with van der Waals surface area (Å²) in [5.41, 5.74) is 6.63. The Morgan fingerprint density at radius 2 is 1.80 bits per heavy atom. The summed E-state index contributed by atoms with van der Waals surface area (Å²) >= 11 is 1.20. The number of nitro groups is 1. The minimum atomic E-state index is -0.453. The lowest BCUT2D eigenvalue weighted by Gasteiger charge is -2.10. The fourth-order valence-corrected chi connectivity index (χ4v) is 4.03. The van der Waals surface area contributed by atoms with E-state index in [4.69, 9.17) is 0 Å². The number of hydrazone groups is 1. The molecular weight excluding hydrogens is 464 g/mol. The van der Waals surface area contributed by atoms with Crippen molar-refractivity contribution in [1.29, 1.82) is 0 Å². The SMILES string of the molecule is C/C(=N/NC(=O)CSc1nnc(-c2cccc([N+](=O)[O-])c2)n1-c1ccccc1)c1ccc(C)cc1. The van der Waals surface area contributed by atoms with E-state index in [1.165, 1.54) is 23.9 Å². The molecule has 1 aromatic heterocycles. The van der Waals surface area contributed by atoms with Gasteiger partial charge in [-0.1, -0.05) is 71.9 Å². The zero-order chi connectivity index (χ0) is 24.8. The molecule has 0 atom stereocenters. The number of non-ortho nitro benzene ring substituents is 1. The summed E-state index contributed by atoms with van der Waals surface area (Å²) in [7, 11) is 0. The number of para-hydroxylation sites is 1. The fourth-order valence-electron chi connectivity index (χ4n) is 3.29. The Morgan fingerprint density at radius 1 is 1.06 bits per heavy atom. The van der Waals surface area contributed by atoms with E-state index in [1.807, 2.05) is 68.4 Å². The van der Waals surface area contributed by atoms with Crippen LogP contribution in [0, 0.1) is 17.0 Å². The summed E-state index contributed by atoms with van der Waals surface area (Å²) in [4.78, 5) is 23.3. The first kappa shape index (κ1) is 23.8. The quantitative estimate of drug-likeness (QED) is 0.166. The third kappa shape index (κ3) is 5.79. The largest absolute Gasteiger partial charge is 0.272 e. The Morgan fingerprint density at radius 3 is 2.51 bits per heavy atom. The monoisotopic (exact) mass is 486 g/mol. The van der Waals surface area contributed by atoms with Gasteiger partial charge in [0.2, 0.25) is 0 Å². The molecule has 0 saturated heterocycles. The molecule has 1 N–H and O–H groups in total. The molecule has 3 aromatic carbocycles. The van der Waals surface area contributed by atoms with E-state index in [1.54, 1.807) is 16.7 Å². The van der Waals surface area contributed by atoms with Gasteiger partial charge in [-0.2, -0.15) is 5.10 Å². The van der Waals surface area contributed by atoms with Crippen molar-refractivity contribution in [3.8, 4) is 17.1 Å². The molecule has 0 fully saturated rings. The molecule has 10 heteroatoms. The third-order valence-corrected chi connectivity index (χ3v) is 6.04. The standard InChI is InChI=1S/C25H22N6O3S/c1-17-11-13-19(14-12-17)18(2)26-27-23(32)16-35-25-29-28-24(30(25)21-8-4-3-5-9-21)20-7-6-10-22(15-20)31(33)34/h3-15H,16H2,1-2H3,(H,27,32)/b26-18-. The summed E-state index contributed by atoms with van der Waals surface area (Å²) in [5, 5.41) is 24.4. The maximum Gasteiger partial charge on any atom is 0.270 e. The number of carbonyl (C=O) groups is 1. The van der Waals surface area contributed by atoms with Crippen molar-refractivity contribution in [2.75, 3.05) is 5.75 Å². The number of amides is 1. The van der Waals surface area contributed by atoms with Crippen molar-refractivity contribution in [1.82, 2.24) is 20.2 Å². The number of nitrogens with zero attached hydrogens (tertiary/aromatic N) is 5. The molecule has 176 valence electrons. The summed E-state index contributed by atoms with van der Waals surface area (Å²) < 4.78 is 1.78. The van der Waals surface area contributed by atoms with Gasteiger partial charge in [0.25, 0.3) is 11.6 Å². The van der Waals surface area contributed by atoms with Crippen molar-refractivity contribution in [2.45, 2.75) is 19.0 Å². The van der Waals surface area contributed by atoms with Gasteiger partial charge in [-0.3, -0.25) is 19.5 Å². The minimum absolute atomic E-state index is 0.0412. The number of hydrogen-bond acceptors (Lipinski definition) is 7. The highest BCUT2D eigenvalue weighted by atomic mass is 32.2. The first-order valence-electron chi connectivity index (χ1n) is 10.7. The second-order valence-electron chi connectivity index (χ2n) is 7.67. The fraction of sp³-hybridized carbons (Fsp3) is 0.120. The van der Waals surface area contributed by atoms with Gasteiger partial charge in [0.1, 0.15) is 0 Å². The Kier molecular flexibility index (Phi) is 7.32. The van der Waals surface area contributed by atoms with Gasteiger partial charge in [0.05, 0.1) is 16.4 Å². The van der Waals surface area contributed by atoms with Crippen LogP contribution >= 0.6 is 11.8 Å². The Balaban J connectivity index is 1.54. The topological polar surface area (TPSA) is 115 Å². The normalized spacial score (nSPS) is 11.3. The maximum atomic E-state index is 12.5. The number of aromatic nitrogens is 3.